The number of hydrogen-bond acceptors (Lipinski definition) is 1. The molecule has 0 aromatic rings. The molecule has 0 radical (unpaired) electrons. The van der Waals surface area contributed by atoms with Crippen molar-refractivity contribution in [2.75, 3.05) is 0 Å². The number of rotatable bonds is 5. The second kappa shape index (κ2) is 22.5. The summed E-state index contributed by atoms with van der Waals surface area (Å²) in [5.41, 5.74) is 0. The predicted octanol–water partition coefficient (Wildman–Crippen LogP) is -0.114. The maximum absolute atomic E-state index is 8.36. The fourth-order valence-corrected chi connectivity index (χ4v) is 0.780. The van der Waals surface area contributed by atoms with Gasteiger partial charge < -0.3 is 12.0 Å². The van der Waals surface area contributed by atoms with Gasteiger partial charge in [0, 0.05) is 0 Å². The van der Waals surface area contributed by atoms with Gasteiger partial charge in [-0.25, -0.2) is 0 Å². The summed E-state index contributed by atoms with van der Waals surface area (Å²) in [7, 11) is 0. The third kappa shape index (κ3) is 31.4. The number of carbonyl (C=O) groups is 1. The zero-order valence-corrected chi connectivity index (χ0v) is 10.4. The summed E-state index contributed by atoms with van der Waals surface area (Å²) in [6.07, 6.45) is 7.98. The molecule has 0 saturated carbocycles. The van der Waals surface area contributed by atoms with Crippen molar-refractivity contribution in [2.45, 2.75) is 45.4 Å². The molecule has 2 nitrogen and oxygen atoms in total. The molecular weight excluding hydrogens is 163 g/mol. The van der Waals surface area contributed by atoms with Crippen molar-refractivity contribution in [1.29, 1.82) is 0 Å². The summed E-state index contributed by atoms with van der Waals surface area (Å²) in [4.78, 5) is 8.36. The molecule has 0 spiro atoms. The molecule has 0 amide bonds. The minimum Gasteiger partial charge on any atom is -0.483 e. The van der Waals surface area contributed by atoms with Gasteiger partial charge in [0.1, 0.15) is 0 Å². The van der Waals surface area contributed by atoms with E-state index < -0.39 is 0 Å². The van der Waals surface area contributed by atoms with Crippen molar-refractivity contribution >= 4 is 6.47 Å². The van der Waals surface area contributed by atoms with Gasteiger partial charge in [0.15, 0.2) is 0 Å². The van der Waals surface area contributed by atoms with Crippen LogP contribution in [0.1, 0.15) is 45.4 Å². The minimum atomic E-state index is -0.250. The smallest absolute Gasteiger partial charge is 0.483 e. The van der Waals surface area contributed by atoms with Crippen LogP contribution in [0.5, 0.6) is 0 Å². The molecule has 1 N–H and O–H groups in total. The molecular formula is C9H19NaO2. The van der Waals surface area contributed by atoms with Gasteiger partial charge >= 0.3 is 29.6 Å². The summed E-state index contributed by atoms with van der Waals surface area (Å²) in [5.74, 6) is 0. The molecule has 0 rings (SSSR count). The van der Waals surface area contributed by atoms with E-state index in [-0.39, 0.29) is 36.0 Å². The first-order valence-corrected chi connectivity index (χ1v) is 4.20. The Morgan fingerprint density at radius 3 is 2.00 bits per heavy atom. The van der Waals surface area contributed by atoms with Crippen LogP contribution < -0.4 is 29.6 Å². The largest absolute Gasteiger partial charge is 1.00 e. The molecule has 3 heteroatoms. The van der Waals surface area contributed by atoms with Crippen molar-refractivity contribution in [1.82, 2.24) is 0 Å². The molecule has 0 aliphatic heterocycles. The number of carboxylic acid groups (broad SMARTS) is 1. The Morgan fingerprint density at radius 2 is 1.67 bits per heavy atom. The summed E-state index contributed by atoms with van der Waals surface area (Å²) < 4.78 is 0. The van der Waals surface area contributed by atoms with Gasteiger partial charge in [-0.15, -0.1) is 0 Å². The van der Waals surface area contributed by atoms with Crippen LogP contribution in [0.3, 0.4) is 0 Å². The SMILES string of the molecule is O=CO.[CH2-]CCCCCCC.[Na+]. The fraction of sp³-hybridized carbons (Fsp3) is 0.778. The van der Waals surface area contributed by atoms with Crippen LogP contribution in [0, 0.1) is 6.92 Å². The third-order valence-electron chi connectivity index (χ3n) is 1.35. The van der Waals surface area contributed by atoms with Crippen LogP contribution in [0.4, 0.5) is 0 Å². The molecule has 68 valence electrons. The third-order valence-corrected chi connectivity index (χ3v) is 1.35. The van der Waals surface area contributed by atoms with E-state index in [2.05, 4.69) is 13.8 Å². The minimum absolute atomic E-state index is 0. The van der Waals surface area contributed by atoms with E-state index in [1.54, 1.807) is 0 Å². The van der Waals surface area contributed by atoms with Crippen LogP contribution in [-0.4, -0.2) is 11.6 Å². The van der Waals surface area contributed by atoms with Gasteiger partial charge in [0.05, 0.1) is 0 Å². The normalized spacial score (nSPS) is 7.50. The molecule has 12 heavy (non-hydrogen) atoms. The fourth-order valence-electron chi connectivity index (χ4n) is 0.780. The number of unbranched alkanes of at least 4 members (excludes halogenated alkanes) is 5. The zero-order chi connectivity index (χ0) is 8.95. The molecule has 0 aliphatic rings. The van der Waals surface area contributed by atoms with E-state index in [1.165, 1.54) is 32.1 Å². The van der Waals surface area contributed by atoms with Gasteiger partial charge in [-0.1, -0.05) is 39.0 Å². The van der Waals surface area contributed by atoms with Crippen LogP contribution in [0.2, 0.25) is 0 Å². The molecule has 0 aromatic heterocycles. The molecule has 0 fully saturated rings. The van der Waals surface area contributed by atoms with Gasteiger partial charge in [-0.2, -0.15) is 6.42 Å². The van der Waals surface area contributed by atoms with Gasteiger partial charge in [0.2, 0.25) is 0 Å². The molecule has 0 saturated heterocycles. The van der Waals surface area contributed by atoms with Crippen molar-refractivity contribution in [3.05, 3.63) is 6.92 Å². The van der Waals surface area contributed by atoms with E-state index in [9.17, 15) is 0 Å². The Balaban J connectivity index is -0.000000177. The van der Waals surface area contributed by atoms with Crippen molar-refractivity contribution in [2.24, 2.45) is 0 Å². The Morgan fingerprint density at radius 1 is 1.25 bits per heavy atom. The number of hydrogen-bond donors (Lipinski definition) is 1. The first-order chi connectivity index (χ1) is 5.33. The van der Waals surface area contributed by atoms with Gasteiger partial charge in [0.25, 0.3) is 6.47 Å². The average Bonchev–Trinajstić information content (AvgIpc) is 2.00. The van der Waals surface area contributed by atoms with Gasteiger partial charge in [-0.3, -0.25) is 4.79 Å². The van der Waals surface area contributed by atoms with E-state index in [0.717, 1.165) is 6.42 Å². The molecule has 0 unspecified atom stereocenters. The molecule has 0 aromatic carbocycles. The van der Waals surface area contributed by atoms with E-state index >= 15 is 0 Å². The van der Waals surface area contributed by atoms with Crippen LogP contribution in [0.25, 0.3) is 0 Å². The van der Waals surface area contributed by atoms with E-state index in [4.69, 9.17) is 9.90 Å². The van der Waals surface area contributed by atoms with Crippen LogP contribution in [-0.2, 0) is 4.79 Å². The van der Waals surface area contributed by atoms with Crippen LogP contribution >= 0.6 is 0 Å². The Kier molecular flexibility index (Phi) is 34.4. The second-order valence-electron chi connectivity index (χ2n) is 2.37. The molecule has 0 atom stereocenters. The second-order valence-corrected chi connectivity index (χ2v) is 2.37. The van der Waals surface area contributed by atoms with Crippen molar-refractivity contribution < 1.29 is 39.5 Å². The molecule has 0 heterocycles. The summed E-state index contributed by atoms with van der Waals surface area (Å²) in [6.45, 7) is 5.77. The van der Waals surface area contributed by atoms with E-state index in [1.807, 2.05) is 0 Å². The maximum atomic E-state index is 8.36. The predicted molar refractivity (Wildman–Crippen MR) is 47.4 cm³/mol. The topological polar surface area (TPSA) is 37.3 Å². The molecule has 0 aliphatic carbocycles. The van der Waals surface area contributed by atoms with Gasteiger partial charge in [-0.05, 0) is 0 Å². The first kappa shape index (κ1) is 18.3. The quantitative estimate of drug-likeness (QED) is 0.279. The van der Waals surface area contributed by atoms with Crippen LogP contribution in [0.15, 0.2) is 0 Å². The van der Waals surface area contributed by atoms with E-state index in [0.29, 0.717) is 0 Å². The van der Waals surface area contributed by atoms with Crippen molar-refractivity contribution in [3.8, 4) is 0 Å². The Labute approximate surface area is 98.0 Å². The van der Waals surface area contributed by atoms with Crippen molar-refractivity contribution in [3.63, 3.8) is 0 Å². The summed E-state index contributed by atoms with van der Waals surface area (Å²) in [6, 6.07) is 0. The first-order valence-electron chi connectivity index (χ1n) is 4.20. The average molecular weight is 182 g/mol. The summed E-state index contributed by atoms with van der Waals surface area (Å²) in [5, 5.41) is 6.89. The summed E-state index contributed by atoms with van der Waals surface area (Å²) >= 11 is 0. The standard InChI is InChI=1S/C8H17.CH2O2.Na/c1-3-5-7-8-6-4-2;2-1-3;/h1,3-8H2,2H3;1H,(H,2,3);/q-1;;+1. The zero-order valence-electron chi connectivity index (χ0n) is 8.38. The maximum Gasteiger partial charge on any atom is 1.00 e. The molecule has 0 bridgehead atoms. The monoisotopic (exact) mass is 182 g/mol. The Hall–Kier alpha value is 0.470. The Bertz CT molecular complexity index is 61.5.